The van der Waals surface area contributed by atoms with Crippen molar-refractivity contribution in [1.29, 1.82) is 0 Å². The molecule has 0 amide bonds. The molecular weight excluding hydrogens is 236 g/mol. The SMILES string of the molecule is CCCCC1CCC(c2c(CN)nnn2CC)CC1. The Morgan fingerprint density at radius 1 is 1.21 bits per heavy atom. The summed E-state index contributed by atoms with van der Waals surface area (Å²) in [6, 6.07) is 0. The monoisotopic (exact) mass is 264 g/mol. The van der Waals surface area contributed by atoms with Crippen molar-refractivity contribution in [2.24, 2.45) is 11.7 Å². The molecule has 0 spiro atoms. The highest BCUT2D eigenvalue weighted by molar-refractivity contribution is 5.16. The standard InChI is InChI=1S/C15H28N4/c1-3-5-6-12-7-9-13(10-8-12)15-14(11-16)17-18-19(15)4-2/h12-13H,3-11,16H2,1-2H3. The summed E-state index contributed by atoms with van der Waals surface area (Å²) in [7, 11) is 0. The molecule has 1 saturated carbocycles. The average molecular weight is 264 g/mol. The third kappa shape index (κ3) is 3.35. The molecule has 1 aliphatic rings. The Balaban J connectivity index is 1.99. The van der Waals surface area contributed by atoms with E-state index >= 15 is 0 Å². The summed E-state index contributed by atoms with van der Waals surface area (Å²) < 4.78 is 2.05. The van der Waals surface area contributed by atoms with Gasteiger partial charge in [-0.2, -0.15) is 0 Å². The van der Waals surface area contributed by atoms with Gasteiger partial charge in [0.15, 0.2) is 0 Å². The van der Waals surface area contributed by atoms with E-state index < -0.39 is 0 Å². The summed E-state index contributed by atoms with van der Waals surface area (Å²) in [5.74, 6) is 1.58. The summed E-state index contributed by atoms with van der Waals surface area (Å²) >= 11 is 0. The first-order valence-corrected chi connectivity index (χ1v) is 7.92. The third-order valence-corrected chi connectivity index (χ3v) is 4.54. The van der Waals surface area contributed by atoms with Gasteiger partial charge in [0.1, 0.15) is 0 Å². The fraction of sp³-hybridized carbons (Fsp3) is 0.867. The van der Waals surface area contributed by atoms with Gasteiger partial charge >= 0.3 is 0 Å². The van der Waals surface area contributed by atoms with E-state index in [0.29, 0.717) is 12.5 Å². The molecule has 1 aromatic heterocycles. The van der Waals surface area contributed by atoms with E-state index in [0.717, 1.165) is 18.2 Å². The number of aryl methyl sites for hydroxylation is 1. The van der Waals surface area contributed by atoms with Gasteiger partial charge in [-0.1, -0.05) is 31.4 Å². The molecule has 4 heteroatoms. The van der Waals surface area contributed by atoms with Gasteiger partial charge in [0.2, 0.25) is 0 Å². The van der Waals surface area contributed by atoms with Gasteiger partial charge in [-0.3, -0.25) is 0 Å². The number of hydrogen-bond acceptors (Lipinski definition) is 3. The van der Waals surface area contributed by atoms with E-state index in [-0.39, 0.29) is 0 Å². The fourth-order valence-electron chi connectivity index (χ4n) is 3.40. The van der Waals surface area contributed by atoms with E-state index in [4.69, 9.17) is 5.73 Å². The molecule has 1 aromatic rings. The van der Waals surface area contributed by atoms with Crippen LogP contribution in [0.15, 0.2) is 0 Å². The van der Waals surface area contributed by atoms with E-state index in [1.54, 1.807) is 0 Å². The number of unbranched alkanes of at least 4 members (excludes halogenated alkanes) is 1. The molecule has 0 atom stereocenters. The second kappa shape index (κ2) is 7.04. The van der Waals surface area contributed by atoms with Crippen LogP contribution >= 0.6 is 0 Å². The van der Waals surface area contributed by atoms with Crippen LogP contribution in [0.1, 0.15) is 76.1 Å². The zero-order chi connectivity index (χ0) is 13.7. The van der Waals surface area contributed by atoms with E-state index in [9.17, 15) is 0 Å². The van der Waals surface area contributed by atoms with Crippen LogP contribution in [0.3, 0.4) is 0 Å². The van der Waals surface area contributed by atoms with Crippen molar-refractivity contribution in [3.8, 4) is 0 Å². The van der Waals surface area contributed by atoms with Crippen LogP contribution in [0.25, 0.3) is 0 Å². The van der Waals surface area contributed by atoms with Crippen LogP contribution in [-0.4, -0.2) is 15.0 Å². The maximum Gasteiger partial charge on any atom is 0.0997 e. The molecule has 0 saturated heterocycles. The van der Waals surface area contributed by atoms with Crippen molar-refractivity contribution in [1.82, 2.24) is 15.0 Å². The molecule has 19 heavy (non-hydrogen) atoms. The lowest BCUT2D eigenvalue weighted by atomic mass is 9.78. The van der Waals surface area contributed by atoms with Gasteiger partial charge in [-0.15, -0.1) is 5.10 Å². The minimum atomic E-state index is 0.519. The highest BCUT2D eigenvalue weighted by Crippen LogP contribution is 2.38. The van der Waals surface area contributed by atoms with Crippen molar-refractivity contribution in [2.75, 3.05) is 0 Å². The highest BCUT2D eigenvalue weighted by atomic mass is 15.4. The third-order valence-electron chi connectivity index (χ3n) is 4.54. The topological polar surface area (TPSA) is 56.7 Å². The molecule has 1 heterocycles. The van der Waals surface area contributed by atoms with Gasteiger partial charge in [0.05, 0.1) is 11.4 Å². The molecule has 1 fully saturated rings. The molecule has 0 aliphatic heterocycles. The Labute approximate surface area is 116 Å². The molecule has 2 N–H and O–H groups in total. The van der Waals surface area contributed by atoms with Crippen LogP contribution in [-0.2, 0) is 13.1 Å². The van der Waals surface area contributed by atoms with Gasteiger partial charge < -0.3 is 5.73 Å². The number of nitrogens with zero attached hydrogens (tertiary/aromatic N) is 3. The Bertz CT molecular complexity index is 356. The minimum Gasteiger partial charge on any atom is -0.325 e. The highest BCUT2D eigenvalue weighted by Gasteiger charge is 2.26. The van der Waals surface area contributed by atoms with Crippen molar-refractivity contribution >= 4 is 0 Å². The first-order chi connectivity index (χ1) is 9.30. The molecule has 1 aliphatic carbocycles. The lowest BCUT2D eigenvalue weighted by molar-refractivity contribution is 0.296. The van der Waals surface area contributed by atoms with Gasteiger partial charge in [-0.25, -0.2) is 4.68 Å². The second-order valence-electron chi connectivity index (χ2n) is 5.80. The second-order valence-corrected chi connectivity index (χ2v) is 5.80. The lowest BCUT2D eigenvalue weighted by Gasteiger charge is -2.29. The van der Waals surface area contributed by atoms with Crippen LogP contribution < -0.4 is 5.73 Å². The number of nitrogens with two attached hydrogens (primary N) is 1. The molecule has 2 rings (SSSR count). The van der Waals surface area contributed by atoms with Crippen LogP contribution in [0, 0.1) is 5.92 Å². The molecular formula is C15H28N4. The van der Waals surface area contributed by atoms with Crippen molar-refractivity contribution in [3.63, 3.8) is 0 Å². The van der Waals surface area contributed by atoms with Crippen LogP contribution in [0.2, 0.25) is 0 Å². The first-order valence-electron chi connectivity index (χ1n) is 7.92. The predicted octanol–water partition coefficient (Wildman–Crippen LogP) is 3.22. The van der Waals surface area contributed by atoms with E-state index in [1.165, 1.54) is 50.6 Å². The van der Waals surface area contributed by atoms with Crippen LogP contribution in [0.4, 0.5) is 0 Å². The van der Waals surface area contributed by atoms with Crippen LogP contribution in [0.5, 0.6) is 0 Å². The predicted molar refractivity (Wildman–Crippen MR) is 77.8 cm³/mol. The number of aromatic nitrogens is 3. The maximum absolute atomic E-state index is 5.80. The Kier molecular flexibility index (Phi) is 5.37. The fourth-order valence-corrected chi connectivity index (χ4v) is 3.40. The van der Waals surface area contributed by atoms with Gasteiger partial charge in [-0.05, 0) is 38.5 Å². The minimum absolute atomic E-state index is 0.519. The average Bonchev–Trinajstić information content (AvgIpc) is 2.88. The molecule has 0 radical (unpaired) electrons. The summed E-state index contributed by atoms with van der Waals surface area (Å²) in [5, 5.41) is 8.47. The largest absolute Gasteiger partial charge is 0.325 e. The van der Waals surface area contributed by atoms with Gasteiger partial charge in [0, 0.05) is 19.0 Å². The smallest absolute Gasteiger partial charge is 0.0997 e. The number of rotatable bonds is 6. The van der Waals surface area contributed by atoms with Crippen molar-refractivity contribution in [3.05, 3.63) is 11.4 Å². The summed E-state index contributed by atoms with van der Waals surface area (Å²) in [5.41, 5.74) is 8.13. The van der Waals surface area contributed by atoms with Crippen molar-refractivity contribution < 1.29 is 0 Å². The summed E-state index contributed by atoms with van der Waals surface area (Å²) in [4.78, 5) is 0. The Morgan fingerprint density at radius 2 is 1.95 bits per heavy atom. The van der Waals surface area contributed by atoms with Crippen molar-refractivity contribution in [2.45, 2.75) is 77.8 Å². The summed E-state index contributed by atoms with van der Waals surface area (Å²) in [6.45, 7) is 5.83. The molecule has 0 unspecified atom stereocenters. The maximum atomic E-state index is 5.80. The normalized spacial score (nSPS) is 23.7. The Hall–Kier alpha value is -0.900. The quantitative estimate of drug-likeness (QED) is 0.858. The molecule has 0 aromatic carbocycles. The van der Waals surface area contributed by atoms with E-state index in [2.05, 4.69) is 28.8 Å². The molecule has 0 bridgehead atoms. The molecule has 108 valence electrons. The Morgan fingerprint density at radius 3 is 2.53 bits per heavy atom. The number of hydrogen-bond donors (Lipinski definition) is 1. The zero-order valence-electron chi connectivity index (χ0n) is 12.4. The first kappa shape index (κ1) is 14.5. The van der Waals surface area contributed by atoms with E-state index in [1.807, 2.05) is 0 Å². The van der Waals surface area contributed by atoms with Gasteiger partial charge in [0.25, 0.3) is 0 Å². The molecule has 4 nitrogen and oxygen atoms in total. The summed E-state index contributed by atoms with van der Waals surface area (Å²) in [6.07, 6.45) is 9.43. The zero-order valence-corrected chi connectivity index (χ0v) is 12.4. The lowest BCUT2D eigenvalue weighted by Crippen LogP contribution is -2.18.